The third-order valence-electron chi connectivity index (χ3n) is 5.08. The third kappa shape index (κ3) is 2.83. The maximum absolute atomic E-state index is 12.1. The van der Waals surface area contributed by atoms with Gasteiger partial charge in [0.05, 0.1) is 18.3 Å². The summed E-state index contributed by atoms with van der Waals surface area (Å²) in [5.41, 5.74) is 1.48. The van der Waals surface area contributed by atoms with Crippen LogP contribution in [0.3, 0.4) is 0 Å². The summed E-state index contributed by atoms with van der Waals surface area (Å²) in [6.07, 6.45) is 5.77. The molecular weight excluding hydrogens is 266 g/mol. The van der Waals surface area contributed by atoms with E-state index in [0.717, 1.165) is 37.3 Å². The number of ether oxygens (including phenoxy) is 1. The summed E-state index contributed by atoms with van der Waals surface area (Å²) >= 11 is 0. The van der Waals surface area contributed by atoms with Gasteiger partial charge >= 0.3 is 5.97 Å². The maximum atomic E-state index is 12.1. The van der Waals surface area contributed by atoms with Gasteiger partial charge in [-0.25, -0.2) is 9.48 Å². The standard InChI is InChI=1S/C16H25N3O2/c1-4-21-16(20)14-15(12-6-7-12)19(18-17-14)13-8-5-10(2)11(3)9-13/h10-13H,4-9H2,1-3H3. The van der Waals surface area contributed by atoms with Gasteiger partial charge in [-0.2, -0.15) is 0 Å². The van der Waals surface area contributed by atoms with Crippen molar-refractivity contribution in [2.45, 2.75) is 64.8 Å². The maximum Gasteiger partial charge on any atom is 0.360 e. The Morgan fingerprint density at radius 2 is 2.00 bits per heavy atom. The van der Waals surface area contributed by atoms with Crippen molar-refractivity contribution < 1.29 is 9.53 Å². The molecule has 1 heterocycles. The average molecular weight is 291 g/mol. The number of esters is 1. The molecule has 5 heteroatoms. The summed E-state index contributed by atoms with van der Waals surface area (Å²) in [7, 11) is 0. The normalized spacial score (nSPS) is 29.4. The molecule has 0 radical (unpaired) electrons. The zero-order chi connectivity index (χ0) is 15.0. The van der Waals surface area contributed by atoms with Gasteiger partial charge in [-0.05, 0) is 50.9 Å². The number of aromatic nitrogens is 3. The zero-order valence-electron chi connectivity index (χ0n) is 13.2. The smallest absolute Gasteiger partial charge is 0.360 e. The lowest BCUT2D eigenvalue weighted by Gasteiger charge is -2.32. The Hall–Kier alpha value is -1.39. The van der Waals surface area contributed by atoms with E-state index in [0.29, 0.717) is 30.2 Å². The van der Waals surface area contributed by atoms with Crippen molar-refractivity contribution in [1.29, 1.82) is 0 Å². The average Bonchev–Trinajstić information content (AvgIpc) is 3.20. The Morgan fingerprint density at radius 1 is 1.24 bits per heavy atom. The molecule has 3 rings (SSSR count). The number of hydrogen-bond acceptors (Lipinski definition) is 4. The van der Waals surface area contributed by atoms with Crippen molar-refractivity contribution in [1.82, 2.24) is 15.0 Å². The van der Waals surface area contributed by atoms with Crippen molar-refractivity contribution in [3.05, 3.63) is 11.4 Å². The van der Waals surface area contributed by atoms with E-state index >= 15 is 0 Å². The van der Waals surface area contributed by atoms with Gasteiger partial charge in [-0.15, -0.1) is 5.10 Å². The van der Waals surface area contributed by atoms with E-state index < -0.39 is 0 Å². The van der Waals surface area contributed by atoms with Crippen LogP contribution in [0.25, 0.3) is 0 Å². The van der Waals surface area contributed by atoms with Crippen LogP contribution in [0.1, 0.15) is 81.0 Å². The van der Waals surface area contributed by atoms with Crippen LogP contribution in [-0.4, -0.2) is 27.6 Å². The van der Waals surface area contributed by atoms with Crippen molar-refractivity contribution >= 4 is 5.97 Å². The van der Waals surface area contributed by atoms with E-state index in [1.807, 2.05) is 11.6 Å². The quantitative estimate of drug-likeness (QED) is 0.798. The largest absolute Gasteiger partial charge is 0.461 e. The number of carbonyl (C=O) groups is 1. The first-order chi connectivity index (χ1) is 10.1. The number of rotatable bonds is 4. The lowest BCUT2D eigenvalue weighted by atomic mass is 9.79. The Bertz CT molecular complexity index is 522. The molecule has 0 N–H and O–H groups in total. The fraction of sp³-hybridized carbons (Fsp3) is 0.812. The van der Waals surface area contributed by atoms with Crippen molar-refractivity contribution in [3.8, 4) is 0 Å². The van der Waals surface area contributed by atoms with Crippen molar-refractivity contribution in [3.63, 3.8) is 0 Å². The van der Waals surface area contributed by atoms with E-state index in [1.54, 1.807) is 0 Å². The first kappa shape index (κ1) is 14.5. The lowest BCUT2D eigenvalue weighted by molar-refractivity contribution is 0.0517. The topological polar surface area (TPSA) is 57.0 Å². The molecule has 116 valence electrons. The van der Waals surface area contributed by atoms with Crippen LogP contribution in [0.2, 0.25) is 0 Å². The van der Waals surface area contributed by atoms with E-state index in [-0.39, 0.29) is 5.97 Å². The molecule has 0 aromatic carbocycles. The second kappa shape index (κ2) is 5.78. The summed E-state index contributed by atoms with van der Waals surface area (Å²) < 4.78 is 7.18. The van der Waals surface area contributed by atoms with Crippen LogP contribution in [0, 0.1) is 11.8 Å². The Labute approximate surface area is 126 Å². The molecule has 2 fully saturated rings. The van der Waals surface area contributed by atoms with Crippen LogP contribution in [0.5, 0.6) is 0 Å². The van der Waals surface area contributed by atoms with Crippen molar-refractivity contribution in [2.75, 3.05) is 6.61 Å². The zero-order valence-corrected chi connectivity index (χ0v) is 13.2. The molecule has 0 aliphatic heterocycles. The molecule has 0 bridgehead atoms. The summed E-state index contributed by atoms with van der Waals surface area (Å²) in [5, 5.41) is 8.48. The minimum absolute atomic E-state index is 0.317. The monoisotopic (exact) mass is 291 g/mol. The van der Waals surface area contributed by atoms with Crippen LogP contribution in [-0.2, 0) is 4.74 Å². The summed E-state index contributed by atoms with van der Waals surface area (Å²) in [5.74, 6) is 1.61. The molecule has 0 amide bonds. The van der Waals surface area contributed by atoms with Gasteiger partial charge in [0.25, 0.3) is 0 Å². The number of hydrogen-bond donors (Lipinski definition) is 0. The molecule has 5 nitrogen and oxygen atoms in total. The van der Waals surface area contributed by atoms with Crippen LogP contribution >= 0.6 is 0 Å². The highest BCUT2D eigenvalue weighted by molar-refractivity contribution is 5.88. The fourth-order valence-electron chi connectivity index (χ4n) is 3.39. The Kier molecular flexibility index (Phi) is 4.00. The SMILES string of the molecule is CCOC(=O)c1nnn(C2CCC(C)C(C)C2)c1C1CC1. The molecule has 0 spiro atoms. The number of nitrogens with zero attached hydrogens (tertiary/aromatic N) is 3. The van der Waals surface area contributed by atoms with E-state index in [2.05, 4.69) is 24.2 Å². The molecule has 3 atom stereocenters. The third-order valence-corrected chi connectivity index (χ3v) is 5.08. The van der Waals surface area contributed by atoms with Gasteiger partial charge in [-0.1, -0.05) is 19.1 Å². The Balaban J connectivity index is 1.87. The van der Waals surface area contributed by atoms with E-state index in [9.17, 15) is 4.79 Å². The van der Waals surface area contributed by atoms with Gasteiger partial charge in [0.1, 0.15) is 0 Å². The molecule has 2 saturated carbocycles. The van der Waals surface area contributed by atoms with E-state index in [4.69, 9.17) is 4.74 Å². The minimum atomic E-state index is -0.317. The summed E-state index contributed by atoms with van der Waals surface area (Å²) in [6, 6.07) is 0.391. The highest BCUT2D eigenvalue weighted by atomic mass is 16.5. The molecule has 2 aliphatic carbocycles. The second-order valence-corrected chi connectivity index (χ2v) is 6.68. The predicted molar refractivity (Wildman–Crippen MR) is 79.2 cm³/mol. The van der Waals surface area contributed by atoms with Crippen molar-refractivity contribution in [2.24, 2.45) is 11.8 Å². The van der Waals surface area contributed by atoms with Gasteiger partial charge in [0.2, 0.25) is 0 Å². The van der Waals surface area contributed by atoms with Crippen LogP contribution in [0.4, 0.5) is 0 Å². The molecule has 0 saturated heterocycles. The molecular formula is C16H25N3O2. The molecule has 3 unspecified atom stereocenters. The van der Waals surface area contributed by atoms with E-state index in [1.165, 1.54) is 6.42 Å². The highest BCUT2D eigenvalue weighted by Crippen LogP contribution is 2.44. The molecule has 2 aliphatic rings. The summed E-state index contributed by atoms with van der Waals surface area (Å²) in [6.45, 7) is 6.85. The molecule has 1 aromatic rings. The van der Waals surface area contributed by atoms with Crippen LogP contribution in [0.15, 0.2) is 0 Å². The predicted octanol–water partition coefficient (Wildman–Crippen LogP) is 3.33. The second-order valence-electron chi connectivity index (χ2n) is 6.68. The number of carbonyl (C=O) groups excluding carboxylic acids is 1. The highest BCUT2D eigenvalue weighted by Gasteiger charge is 2.37. The molecule has 21 heavy (non-hydrogen) atoms. The van der Waals surface area contributed by atoms with Gasteiger partial charge < -0.3 is 4.74 Å². The lowest BCUT2D eigenvalue weighted by Crippen LogP contribution is -2.25. The Morgan fingerprint density at radius 3 is 2.62 bits per heavy atom. The fourth-order valence-corrected chi connectivity index (χ4v) is 3.39. The first-order valence-corrected chi connectivity index (χ1v) is 8.24. The van der Waals surface area contributed by atoms with Gasteiger partial charge in [0, 0.05) is 5.92 Å². The minimum Gasteiger partial charge on any atom is -0.461 e. The molecule has 1 aromatic heterocycles. The van der Waals surface area contributed by atoms with Gasteiger partial charge in [-0.3, -0.25) is 0 Å². The first-order valence-electron chi connectivity index (χ1n) is 8.24. The van der Waals surface area contributed by atoms with Gasteiger partial charge in [0.15, 0.2) is 5.69 Å². The summed E-state index contributed by atoms with van der Waals surface area (Å²) in [4.78, 5) is 12.1. The van der Waals surface area contributed by atoms with Crippen LogP contribution < -0.4 is 0 Å².